The van der Waals surface area contributed by atoms with Gasteiger partial charge in [-0.1, -0.05) is 0 Å². The van der Waals surface area contributed by atoms with Crippen LogP contribution < -0.4 is 0 Å². The minimum absolute atomic E-state index is 0.0869. The van der Waals surface area contributed by atoms with Gasteiger partial charge < -0.3 is 14.5 Å². The minimum Gasteiger partial charge on any atom is -0.437 e. The lowest BCUT2D eigenvalue weighted by molar-refractivity contribution is -0.200. The number of amides is 2. The highest BCUT2D eigenvalue weighted by Gasteiger charge is 2.47. The highest BCUT2D eigenvalue weighted by Crippen LogP contribution is 2.39. The fourth-order valence-corrected chi connectivity index (χ4v) is 4.06. The van der Waals surface area contributed by atoms with Crippen molar-refractivity contribution in [3.63, 3.8) is 0 Å². The van der Waals surface area contributed by atoms with E-state index < -0.39 is 18.4 Å². The molecule has 1 unspecified atom stereocenters. The van der Waals surface area contributed by atoms with E-state index in [9.17, 15) is 22.8 Å². The zero-order valence-corrected chi connectivity index (χ0v) is 16.9. The normalized spacial score (nSPS) is 20.4. The summed E-state index contributed by atoms with van der Waals surface area (Å²) in [6.07, 6.45) is -1.66. The SMILES string of the molecule is CC(C)n1cc(C(=O)N2CCCC23CCN(C(=O)OC(C)C(F)(F)F)CC3)cn1. The monoisotopic (exact) mass is 416 g/mol. The molecule has 1 aromatic rings. The van der Waals surface area contributed by atoms with Crippen LogP contribution in [-0.2, 0) is 4.74 Å². The maximum absolute atomic E-state index is 13.1. The standard InChI is InChI=1S/C19H27F3N4O3/c1-13(2)26-12-15(11-23-26)16(27)25-8-4-5-18(25)6-9-24(10-7-18)17(28)29-14(3)19(20,21)22/h11-14H,4-10H2,1-3H3. The van der Waals surface area contributed by atoms with Gasteiger partial charge in [0.25, 0.3) is 5.91 Å². The number of likely N-dealkylation sites (tertiary alicyclic amines) is 2. The van der Waals surface area contributed by atoms with Crippen LogP contribution in [0.25, 0.3) is 0 Å². The molecule has 1 aromatic heterocycles. The molecule has 0 bridgehead atoms. The lowest BCUT2D eigenvalue weighted by atomic mass is 9.85. The number of rotatable bonds is 3. The number of carbonyl (C=O) groups is 2. The Hall–Kier alpha value is -2.26. The molecular weight excluding hydrogens is 389 g/mol. The molecule has 2 aliphatic heterocycles. The van der Waals surface area contributed by atoms with E-state index in [4.69, 9.17) is 0 Å². The zero-order valence-electron chi connectivity index (χ0n) is 16.9. The number of alkyl halides is 3. The Labute approximate surface area is 167 Å². The van der Waals surface area contributed by atoms with Crippen LogP contribution in [0.4, 0.5) is 18.0 Å². The van der Waals surface area contributed by atoms with Crippen molar-refractivity contribution in [2.45, 2.75) is 70.3 Å². The van der Waals surface area contributed by atoms with E-state index in [1.165, 1.54) is 4.90 Å². The fourth-order valence-electron chi connectivity index (χ4n) is 4.06. The van der Waals surface area contributed by atoms with Crippen molar-refractivity contribution in [2.24, 2.45) is 0 Å². The van der Waals surface area contributed by atoms with Gasteiger partial charge in [-0.3, -0.25) is 9.48 Å². The first kappa shape index (κ1) is 21.4. The van der Waals surface area contributed by atoms with Gasteiger partial charge in [-0.15, -0.1) is 0 Å². The summed E-state index contributed by atoms with van der Waals surface area (Å²) in [5.41, 5.74) is 0.157. The third-order valence-corrected chi connectivity index (χ3v) is 5.91. The van der Waals surface area contributed by atoms with E-state index in [1.54, 1.807) is 17.1 Å². The maximum Gasteiger partial charge on any atom is 0.425 e. The van der Waals surface area contributed by atoms with Crippen molar-refractivity contribution in [1.29, 1.82) is 0 Å². The van der Waals surface area contributed by atoms with Crippen molar-refractivity contribution in [3.8, 4) is 0 Å². The second-order valence-electron chi connectivity index (χ2n) is 8.14. The summed E-state index contributed by atoms with van der Waals surface area (Å²) >= 11 is 0. The van der Waals surface area contributed by atoms with Crippen LogP contribution in [0.2, 0.25) is 0 Å². The van der Waals surface area contributed by atoms with Crippen molar-refractivity contribution >= 4 is 12.0 Å². The van der Waals surface area contributed by atoms with Gasteiger partial charge in [0.1, 0.15) is 0 Å². The summed E-state index contributed by atoms with van der Waals surface area (Å²) in [6.45, 7) is 5.93. The van der Waals surface area contributed by atoms with Crippen molar-refractivity contribution in [3.05, 3.63) is 18.0 Å². The van der Waals surface area contributed by atoms with Crippen molar-refractivity contribution in [1.82, 2.24) is 19.6 Å². The topological polar surface area (TPSA) is 67.7 Å². The molecule has 2 amide bonds. The summed E-state index contributed by atoms with van der Waals surface area (Å²) in [6, 6.07) is 0.150. The van der Waals surface area contributed by atoms with E-state index in [0.717, 1.165) is 19.8 Å². The molecule has 2 fully saturated rings. The molecule has 3 heterocycles. The molecule has 0 radical (unpaired) electrons. The van der Waals surface area contributed by atoms with E-state index in [0.29, 0.717) is 24.9 Å². The van der Waals surface area contributed by atoms with Crippen LogP contribution >= 0.6 is 0 Å². The molecular formula is C19H27F3N4O3. The molecule has 2 aliphatic rings. The highest BCUT2D eigenvalue weighted by molar-refractivity contribution is 5.94. The van der Waals surface area contributed by atoms with Gasteiger partial charge in [0.2, 0.25) is 0 Å². The van der Waals surface area contributed by atoms with Crippen molar-refractivity contribution in [2.75, 3.05) is 19.6 Å². The number of hydrogen-bond donors (Lipinski definition) is 0. The molecule has 162 valence electrons. The first-order valence-electron chi connectivity index (χ1n) is 9.92. The smallest absolute Gasteiger partial charge is 0.425 e. The summed E-state index contributed by atoms with van der Waals surface area (Å²) in [4.78, 5) is 28.3. The van der Waals surface area contributed by atoms with Gasteiger partial charge in [0.15, 0.2) is 6.10 Å². The largest absolute Gasteiger partial charge is 0.437 e. The van der Waals surface area contributed by atoms with Gasteiger partial charge in [-0.05, 0) is 46.5 Å². The summed E-state index contributed by atoms with van der Waals surface area (Å²) in [5.74, 6) is -0.0869. The Morgan fingerprint density at radius 2 is 1.79 bits per heavy atom. The van der Waals surface area contributed by atoms with Crippen LogP contribution in [0.3, 0.4) is 0 Å². The number of piperidine rings is 1. The third kappa shape index (κ3) is 4.35. The average molecular weight is 416 g/mol. The number of halogens is 3. The quantitative estimate of drug-likeness (QED) is 0.755. The zero-order chi connectivity index (χ0) is 21.4. The van der Waals surface area contributed by atoms with Gasteiger partial charge in [-0.25, -0.2) is 4.79 Å². The first-order chi connectivity index (χ1) is 13.5. The third-order valence-electron chi connectivity index (χ3n) is 5.91. The van der Waals surface area contributed by atoms with E-state index in [-0.39, 0.29) is 30.6 Å². The highest BCUT2D eigenvalue weighted by atomic mass is 19.4. The van der Waals surface area contributed by atoms with Crippen molar-refractivity contribution < 1.29 is 27.5 Å². The summed E-state index contributed by atoms with van der Waals surface area (Å²) in [5, 5.41) is 4.23. The van der Waals surface area contributed by atoms with E-state index >= 15 is 0 Å². The van der Waals surface area contributed by atoms with Crippen LogP contribution in [-0.4, -0.2) is 69.0 Å². The second-order valence-corrected chi connectivity index (χ2v) is 8.14. The number of nitrogens with zero attached hydrogens (tertiary/aromatic N) is 4. The Morgan fingerprint density at radius 3 is 2.34 bits per heavy atom. The molecule has 0 saturated carbocycles. The average Bonchev–Trinajstić information content (AvgIpc) is 3.29. The van der Waals surface area contributed by atoms with Crippen LogP contribution in [0.1, 0.15) is 62.9 Å². The number of ether oxygens (including phenoxy) is 1. The molecule has 7 nitrogen and oxygen atoms in total. The Bertz CT molecular complexity index is 754. The van der Waals surface area contributed by atoms with Crippen LogP contribution in [0.15, 0.2) is 12.4 Å². The molecule has 2 saturated heterocycles. The lowest BCUT2D eigenvalue weighted by Crippen LogP contribution is -2.55. The van der Waals surface area contributed by atoms with Gasteiger partial charge in [0, 0.05) is 37.4 Å². The number of aromatic nitrogens is 2. The van der Waals surface area contributed by atoms with Gasteiger partial charge in [0.05, 0.1) is 11.8 Å². The van der Waals surface area contributed by atoms with Gasteiger partial charge in [-0.2, -0.15) is 18.3 Å². The minimum atomic E-state index is -4.58. The second kappa shape index (κ2) is 7.87. The molecule has 3 rings (SSSR count). The molecule has 29 heavy (non-hydrogen) atoms. The molecule has 0 aromatic carbocycles. The Kier molecular flexibility index (Phi) is 5.82. The maximum atomic E-state index is 13.1. The van der Waals surface area contributed by atoms with Crippen LogP contribution in [0, 0.1) is 0 Å². The van der Waals surface area contributed by atoms with E-state index in [1.807, 2.05) is 18.7 Å². The Balaban J connectivity index is 1.64. The number of hydrogen-bond acceptors (Lipinski definition) is 4. The van der Waals surface area contributed by atoms with E-state index in [2.05, 4.69) is 9.84 Å². The van der Waals surface area contributed by atoms with Crippen LogP contribution in [0.5, 0.6) is 0 Å². The first-order valence-corrected chi connectivity index (χ1v) is 9.92. The van der Waals surface area contributed by atoms with Gasteiger partial charge >= 0.3 is 12.3 Å². The lowest BCUT2D eigenvalue weighted by Gasteiger charge is -2.44. The predicted octanol–water partition coefficient (Wildman–Crippen LogP) is 3.62. The summed E-state index contributed by atoms with van der Waals surface area (Å²) in [7, 11) is 0. The summed E-state index contributed by atoms with van der Waals surface area (Å²) < 4.78 is 44.1. The fraction of sp³-hybridized carbons (Fsp3) is 0.737. The molecule has 0 aliphatic carbocycles. The molecule has 1 atom stereocenters. The predicted molar refractivity (Wildman–Crippen MR) is 98.4 cm³/mol. The Morgan fingerprint density at radius 1 is 1.14 bits per heavy atom. The molecule has 1 spiro atoms. The number of carbonyl (C=O) groups excluding carboxylic acids is 2. The molecule has 10 heteroatoms. The molecule has 0 N–H and O–H groups in total.